The highest BCUT2D eigenvalue weighted by molar-refractivity contribution is 9.10. The second-order valence-corrected chi connectivity index (χ2v) is 5.27. The molecule has 1 fully saturated rings. The molecule has 2 heterocycles. The lowest BCUT2D eigenvalue weighted by Crippen LogP contribution is -2.37. The van der Waals surface area contributed by atoms with Gasteiger partial charge >= 0.3 is 0 Å². The van der Waals surface area contributed by atoms with Crippen molar-refractivity contribution in [2.24, 2.45) is 5.92 Å². The Morgan fingerprint density at radius 3 is 3.12 bits per heavy atom. The third-order valence-electron chi connectivity index (χ3n) is 2.95. The zero-order chi connectivity index (χ0) is 12.3. The standard InChI is InChI=1S/C12H16BrN3O/c1-8-5-10(13)7-15-11(8)16-12(17)9-3-2-4-14-6-9/h5,7,9,14H,2-4,6H2,1H3,(H,15,16,17). The second kappa shape index (κ2) is 5.60. The van der Waals surface area contributed by atoms with E-state index in [2.05, 4.69) is 31.5 Å². The smallest absolute Gasteiger partial charge is 0.229 e. The molecule has 92 valence electrons. The van der Waals surface area contributed by atoms with Crippen LogP contribution >= 0.6 is 15.9 Å². The molecule has 1 aliphatic rings. The van der Waals surface area contributed by atoms with Crippen LogP contribution in [0.4, 0.5) is 5.82 Å². The van der Waals surface area contributed by atoms with Gasteiger partial charge in [-0.1, -0.05) is 0 Å². The Balaban J connectivity index is 2.02. The number of halogens is 1. The molecular formula is C12H16BrN3O. The van der Waals surface area contributed by atoms with E-state index in [1.165, 1.54) is 0 Å². The van der Waals surface area contributed by atoms with Crippen molar-refractivity contribution in [2.45, 2.75) is 19.8 Å². The van der Waals surface area contributed by atoms with Crippen molar-refractivity contribution in [1.82, 2.24) is 10.3 Å². The fourth-order valence-corrected chi connectivity index (χ4v) is 2.41. The van der Waals surface area contributed by atoms with Crippen molar-refractivity contribution in [1.29, 1.82) is 0 Å². The predicted octanol–water partition coefficient (Wildman–Crippen LogP) is 2.09. The van der Waals surface area contributed by atoms with Gasteiger partial charge in [0.25, 0.3) is 0 Å². The number of hydrogen-bond donors (Lipinski definition) is 2. The van der Waals surface area contributed by atoms with Crippen molar-refractivity contribution in [3.63, 3.8) is 0 Å². The lowest BCUT2D eigenvalue weighted by Gasteiger charge is -2.22. The van der Waals surface area contributed by atoms with Crippen molar-refractivity contribution >= 4 is 27.7 Å². The summed E-state index contributed by atoms with van der Waals surface area (Å²) in [7, 11) is 0. The van der Waals surface area contributed by atoms with E-state index < -0.39 is 0 Å². The van der Waals surface area contributed by atoms with E-state index in [0.29, 0.717) is 5.82 Å². The predicted molar refractivity (Wildman–Crippen MR) is 70.9 cm³/mol. The molecule has 0 bridgehead atoms. The van der Waals surface area contributed by atoms with E-state index in [4.69, 9.17) is 0 Å². The van der Waals surface area contributed by atoms with Crippen molar-refractivity contribution < 1.29 is 4.79 Å². The van der Waals surface area contributed by atoms with Gasteiger partial charge in [-0.2, -0.15) is 0 Å². The highest BCUT2D eigenvalue weighted by Crippen LogP contribution is 2.18. The van der Waals surface area contributed by atoms with Crippen molar-refractivity contribution in [2.75, 3.05) is 18.4 Å². The summed E-state index contributed by atoms with van der Waals surface area (Å²) in [6, 6.07) is 1.95. The van der Waals surface area contributed by atoms with Crippen LogP contribution in [0.1, 0.15) is 18.4 Å². The van der Waals surface area contributed by atoms with Crippen molar-refractivity contribution in [3.8, 4) is 0 Å². The van der Waals surface area contributed by atoms with Gasteiger partial charge in [-0.15, -0.1) is 0 Å². The third-order valence-corrected chi connectivity index (χ3v) is 3.39. The highest BCUT2D eigenvalue weighted by Gasteiger charge is 2.21. The number of nitrogens with one attached hydrogen (secondary N) is 2. The molecule has 5 heteroatoms. The number of anilines is 1. The molecule has 0 aromatic carbocycles. The molecule has 0 spiro atoms. The molecule has 17 heavy (non-hydrogen) atoms. The summed E-state index contributed by atoms with van der Waals surface area (Å²) >= 11 is 3.35. The molecule has 1 aliphatic heterocycles. The van der Waals surface area contributed by atoms with Gasteiger partial charge in [0.1, 0.15) is 5.82 Å². The van der Waals surface area contributed by atoms with Gasteiger partial charge in [0.15, 0.2) is 0 Å². The number of amides is 1. The minimum atomic E-state index is 0.0635. The molecule has 1 saturated heterocycles. The van der Waals surface area contributed by atoms with Crippen LogP contribution in [0, 0.1) is 12.8 Å². The van der Waals surface area contributed by atoms with Crippen LogP contribution in [-0.4, -0.2) is 24.0 Å². The maximum absolute atomic E-state index is 12.0. The van der Waals surface area contributed by atoms with E-state index in [0.717, 1.165) is 36.0 Å². The maximum Gasteiger partial charge on any atom is 0.229 e. The number of carbonyl (C=O) groups excluding carboxylic acids is 1. The largest absolute Gasteiger partial charge is 0.316 e. The van der Waals surface area contributed by atoms with Crippen molar-refractivity contribution in [3.05, 3.63) is 22.3 Å². The molecule has 1 aromatic rings. The Kier molecular flexibility index (Phi) is 4.12. The summed E-state index contributed by atoms with van der Waals surface area (Å²) in [4.78, 5) is 16.2. The monoisotopic (exact) mass is 297 g/mol. The summed E-state index contributed by atoms with van der Waals surface area (Å²) in [6.07, 6.45) is 3.71. The molecule has 1 unspecified atom stereocenters. The molecule has 0 saturated carbocycles. The van der Waals surface area contributed by atoms with Gasteiger partial charge in [-0.3, -0.25) is 4.79 Å². The Morgan fingerprint density at radius 2 is 2.47 bits per heavy atom. The number of pyridine rings is 1. The van der Waals surface area contributed by atoms with Crippen LogP contribution < -0.4 is 10.6 Å². The minimum Gasteiger partial charge on any atom is -0.316 e. The molecule has 0 aliphatic carbocycles. The van der Waals surface area contributed by atoms with Gasteiger partial charge in [0, 0.05) is 17.2 Å². The molecule has 0 radical (unpaired) electrons. The lowest BCUT2D eigenvalue weighted by atomic mass is 9.99. The first kappa shape index (κ1) is 12.5. The van der Waals surface area contributed by atoms with Crippen LogP contribution in [0.5, 0.6) is 0 Å². The highest BCUT2D eigenvalue weighted by atomic mass is 79.9. The molecule has 2 N–H and O–H groups in total. The third kappa shape index (κ3) is 3.26. The normalized spacial score (nSPS) is 20.0. The summed E-state index contributed by atoms with van der Waals surface area (Å²) in [5, 5.41) is 6.13. The average Bonchev–Trinajstić information content (AvgIpc) is 2.34. The van der Waals surface area contributed by atoms with Gasteiger partial charge in [0.05, 0.1) is 5.92 Å². The molecule has 4 nitrogen and oxygen atoms in total. The average molecular weight is 298 g/mol. The Morgan fingerprint density at radius 1 is 1.65 bits per heavy atom. The zero-order valence-electron chi connectivity index (χ0n) is 9.79. The topological polar surface area (TPSA) is 54.0 Å². The first-order valence-corrected chi connectivity index (χ1v) is 6.60. The second-order valence-electron chi connectivity index (χ2n) is 4.35. The first-order valence-electron chi connectivity index (χ1n) is 5.80. The SMILES string of the molecule is Cc1cc(Br)cnc1NC(=O)C1CCCNC1. The van der Waals surface area contributed by atoms with Gasteiger partial charge in [-0.05, 0) is 53.9 Å². The summed E-state index contributed by atoms with van der Waals surface area (Å²) in [5.41, 5.74) is 0.969. The first-order chi connectivity index (χ1) is 8.16. The molecular weight excluding hydrogens is 282 g/mol. The number of piperidine rings is 1. The number of rotatable bonds is 2. The molecule has 1 aromatic heterocycles. The number of nitrogens with zero attached hydrogens (tertiary/aromatic N) is 1. The molecule has 1 atom stereocenters. The van der Waals surface area contributed by atoms with Crippen LogP contribution in [0.25, 0.3) is 0 Å². The van der Waals surface area contributed by atoms with Crippen LogP contribution in [-0.2, 0) is 4.79 Å². The van der Waals surface area contributed by atoms with E-state index in [9.17, 15) is 4.79 Å². The van der Waals surface area contributed by atoms with E-state index in [1.54, 1.807) is 6.20 Å². The van der Waals surface area contributed by atoms with Gasteiger partial charge < -0.3 is 10.6 Å². The van der Waals surface area contributed by atoms with E-state index >= 15 is 0 Å². The number of carbonyl (C=O) groups is 1. The van der Waals surface area contributed by atoms with E-state index in [-0.39, 0.29) is 11.8 Å². The molecule has 2 rings (SSSR count). The van der Waals surface area contributed by atoms with Crippen LogP contribution in [0.3, 0.4) is 0 Å². The Bertz CT molecular complexity index is 416. The van der Waals surface area contributed by atoms with Gasteiger partial charge in [0.2, 0.25) is 5.91 Å². The zero-order valence-corrected chi connectivity index (χ0v) is 11.4. The summed E-state index contributed by atoms with van der Waals surface area (Å²) < 4.78 is 0.923. The lowest BCUT2D eigenvalue weighted by molar-refractivity contribution is -0.120. The summed E-state index contributed by atoms with van der Waals surface area (Å²) in [6.45, 7) is 3.72. The Labute approximate surface area is 109 Å². The number of hydrogen-bond acceptors (Lipinski definition) is 3. The number of aromatic nitrogens is 1. The summed E-state index contributed by atoms with van der Waals surface area (Å²) in [5.74, 6) is 0.785. The quantitative estimate of drug-likeness (QED) is 0.879. The van der Waals surface area contributed by atoms with Crippen LogP contribution in [0.2, 0.25) is 0 Å². The maximum atomic E-state index is 12.0. The molecule has 1 amide bonds. The van der Waals surface area contributed by atoms with Crippen LogP contribution in [0.15, 0.2) is 16.7 Å². The fraction of sp³-hybridized carbons (Fsp3) is 0.500. The number of aryl methyl sites for hydroxylation is 1. The van der Waals surface area contributed by atoms with Gasteiger partial charge in [-0.25, -0.2) is 4.98 Å². The Hall–Kier alpha value is -0.940. The minimum absolute atomic E-state index is 0.0635. The van der Waals surface area contributed by atoms with E-state index in [1.807, 2.05) is 13.0 Å². The fourth-order valence-electron chi connectivity index (χ4n) is 1.97.